The molecule has 5 rings (SSSR count). The average Bonchev–Trinajstić information content (AvgIpc) is 3.01. The quantitative estimate of drug-likeness (QED) is 0.423. The Hall–Kier alpha value is -3.52. The fourth-order valence-corrected chi connectivity index (χ4v) is 4.47. The zero-order chi connectivity index (χ0) is 18.4. The molecule has 3 N–H and O–H groups in total. The van der Waals surface area contributed by atoms with Gasteiger partial charge in [-0.3, -0.25) is 0 Å². The van der Waals surface area contributed by atoms with Gasteiger partial charge in [0.25, 0.3) is 0 Å². The molecular formula is C25H19NO. The molecule has 4 aromatic rings. The molecule has 0 fully saturated rings. The molecule has 0 atom stereocenters. The Kier molecular flexibility index (Phi) is 3.34. The molecule has 0 spiro atoms. The summed E-state index contributed by atoms with van der Waals surface area (Å²) in [4.78, 5) is 0. The molecule has 0 saturated carbocycles. The molecule has 2 nitrogen and oxygen atoms in total. The molecule has 0 aliphatic heterocycles. The third-order valence-corrected chi connectivity index (χ3v) is 5.60. The minimum atomic E-state index is -0.436. The summed E-state index contributed by atoms with van der Waals surface area (Å²) in [7, 11) is 0. The van der Waals surface area contributed by atoms with Gasteiger partial charge in [0.05, 0.1) is 5.41 Å². The van der Waals surface area contributed by atoms with Gasteiger partial charge < -0.3 is 10.8 Å². The van der Waals surface area contributed by atoms with E-state index in [1.54, 1.807) is 12.1 Å². The van der Waals surface area contributed by atoms with Crippen LogP contribution >= 0.6 is 0 Å². The summed E-state index contributed by atoms with van der Waals surface area (Å²) in [5.41, 5.74) is 13.6. The lowest BCUT2D eigenvalue weighted by Gasteiger charge is -2.33. The van der Waals surface area contributed by atoms with Crippen LogP contribution in [0.4, 0.5) is 5.69 Å². The number of phenolic OH excluding ortho intramolecular Hbond substituents is 1. The molecule has 27 heavy (non-hydrogen) atoms. The standard InChI is InChI=1S/C25H19NO/c26-19-13-9-17(10-14-19)25(18-11-15-20(27)16-12-18)23-7-3-1-5-21(23)22-6-2-4-8-24(22)25/h1-16,27H,26H2. The van der Waals surface area contributed by atoms with Crippen molar-refractivity contribution in [2.45, 2.75) is 5.41 Å². The third kappa shape index (κ3) is 2.13. The van der Waals surface area contributed by atoms with Crippen LogP contribution in [-0.2, 0) is 5.41 Å². The van der Waals surface area contributed by atoms with Gasteiger partial charge in [-0.05, 0) is 57.6 Å². The zero-order valence-corrected chi connectivity index (χ0v) is 14.8. The average molecular weight is 349 g/mol. The highest BCUT2D eigenvalue weighted by Crippen LogP contribution is 2.56. The van der Waals surface area contributed by atoms with Crippen molar-refractivity contribution < 1.29 is 5.11 Å². The van der Waals surface area contributed by atoms with E-state index >= 15 is 0 Å². The van der Waals surface area contributed by atoms with Crippen molar-refractivity contribution >= 4 is 5.69 Å². The van der Waals surface area contributed by atoms with E-state index < -0.39 is 5.41 Å². The number of phenols is 1. The Bertz CT molecular complexity index is 1030. The lowest BCUT2D eigenvalue weighted by atomic mass is 9.67. The molecule has 0 radical (unpaired) electrons. The molecule has 0 saturated heterocycles. The fourth-order valence-electron chi connectivity index (χ4n) is 4.47. The Morgan fingerprint density at radius 3 is 1.52 bits per heavy atom. The van der Waals surface area contributed by atoms with Gasteiger partial charge in [0.1, 0.15) is 5.75 Å². The van der Waals surface area contributed by atoms with E-state index in [-0.39, 0.29) is 5.75 Å². The second-order valence-corrected chi connectivity index (χ2v) is 7.01. The lowest BCUT2D eigenvalue weighted by molar-refractivity contribution is 0.475. The summed E-state index contributed by atoms with van der Waals surface area (Å²) < 4.78 is 0. The first-order chi connectivity index (χ1) is 13.2. The first kappa shape index (κ1) is 15.7. The van der Waals surface area contributed by atoms with Gasteiger partial charge in [0.15, 0.2) is 0 Å². The molecule has 0 unspecified atom stereocenters. The summed E-state index contributed by atoms with van der Waals surface area (Å²) in [5, 5.41) is 9.86. The molecule has 0 amide bonds. The molecule has 2 heteroatoms. The molecule has 1 aliphatic carbocycles. The van der Waals surface area contributed by atoms with Crippen LogP contribution in [0, 0.1) is 0 Å². The minimum absolute atomic E-state index is 0.269. The van der Waals surface area contributed by atoms with Gasteiger partial charge in [0.2, 0.25) is 0 Å². The predicted octanol–water partition coefficient (Wildman–Crippen LogP) is 5.34. The van der Waals surface area contributed by atoms with Crippen LogP contribution in [0.3, 0.4) is 0 Å². The second-order valence-electron chi connectivity index (χ2n) is 7.01. The van der Waals surface area contributed by atoms with Crippen LogP contribution in [0.15, 0.2) is 97.1 Å². The highest BCUT2D eigenvalue weighted by atomic mass is 16.3. The van der Waals surface area contributed by atoms with Crippen LogP contribution in [0.5, 0.6) is 5.75 Å². The molecule has 130 valence electrons. The highest BCUT2D eigenvalue weighted by molar-refractivity contribution is 5.86. The maximum atomic E-state index is 9.86. The molecular weight excluding hydrogens is 330 g/mol. The molecule has 0 bridgehead atoms. The normalized spacial score (nSPS) is 13.8. The van der Waals surface area contributed by atoms with Crippen LogP contribution in [-0.4, -0.2) is 5.11 Å². The molecule has 0 heterocycles. The Labute approximate surface area is 158 Å². The van der Waals surface area contributed by atoms with Crippen molar-refractivity contribution in [3.05, 3.63) is 119 Å². The van der Waals surface area contributed by atoms with Gasteiger partial charge >= 0.3 is 0 Å². The van der Waals surface area contributed by atoms with Crippen molar-refractivity contribution in [2.24, 2.45) is 0 Å². The number of rotatable bonds is 2. The van der Waals surface area contributed by atoms with Crippen molar-refractivity contribution in [1.82, 2.24) is 0 Å². The number of fused-ring (bicyclic) bond motifs is 3. The highest BCUT2D eigenvalue weighted by Gasteiger charge is 2.45. The number of hydrogen-bond donors (Lipinski definition) is 2. The van der Waals surface area contributed by atoms with E-state index in [9.17, 15) is 5.11 Å². The Morgan fingerprint density at radius 1 is 0.556 bits per heavy atom. The topological polar surface area (TPSA) is 46.2 Å². The van der Waals surface area contributed by atoms with Crippen LogP contribution in [0.2, 0.25) is 0 Å². The third-order valence-electron chi connectivity index (χ3n) is 5.60. The van der Waals surface area contributed by atoms with Gasteiger partial charge in [-0.15, -0.1) is 0 Å². The van der Waals surface area contributed by atoms with Crippen LogP contribution < -0.4 is 5.73 Å². The summed E-state index contributed by atoms with van der Waals surface area (Å²) in [6.07, 6.45) is 0. The van der Waals surface area contributed by atoms with E-state index in [2.05, 4.69) is 60.7 Å². The number of benzene rings is 4. The monoisotopic (exact) mass is 349 g/mol. The zero-order valence-electron chi connectivity index (χ0n) is 14.8. The first-order valence-corrected chi connectivity index (χ1v) is 9.06. The largest absolute Gasteiger partial charge is 0.508 e. The predicted molar refractivity (Wildman–Crippen MR) is 110 cm³/mol. The number of aromatic hydroxyl groups is 1. The SMILES string of the molecule is Nc1ccc(C2(c3ccc(O)cc3)c3ccccc3-c3ccccc32)cc1. The minimum Gasteiger partial charge on any atom is -0.508 e. The van der Waals surface area contributed by atoms with Gasteiger partial charge in [-0.2, -0.15) is 0 Å². The summed E-state index contributed by atoms with van der Waals surface area (Å²) in [5.74, 6) is 0.269. The second kappa shape index (κ2) is 5.75. The van der Waals surface area contributed by atoms with Crippen molar-refractivity contribution in [3.8, 4) is 16.9 Å². The summed E-state index contributed by atoms with van der Waals surface area (Å²) in [6, 6.07) is 32.9. The maximum Gasteiger partial charge on any atom is 0.115 e. The Balaban J connectivity index is 1.94. The number of hydrogen-bond acceptors (Lipinski definition) is 2. The molecule has 1 aliphatic rings. The van der Waals surface area contributed by atoms with E-state index in [4.69, 9.17) is 5.73 Å². The van der Waals surface area contributed by atoms with E-state index in [1.807, 2.05) is 24.3 Å². The Morgan fingerprint density at radius 2 is 1.00 bits per heavy atom. The number of nitrogen functional groups attached to an aromatic ring is 1. The summed E-state index contributed by atoms with van der Waals surface area (Å²) in [6.45, 7) is 0. The van der Waals surface area contributed by atoms with Gasteiger partial charge in [0, 0.05) is 5.69 Å². The van der Waals surface area contributed by atoms with Crippen molar-refractivity contribution in [1.29, 1.82) is 0 Å². The van der Waals surface area contributed by atoms with Crippen LogP contribution in [0.1, 0.15) is 22.3 Å². The van der Waals surface area contributed by atoms with E-state index in [0.717, 1.165) is 11.3 Å². The first-order valence-electron chi connectivity index (χ1n) is 9.06. The van der Waals surface area contributed by atoms with Crippen LogP contribution in [0.25, 0.3) is 11.1 Å². The van der Waals surface area contributed by atoms with E-state index in [0.29, 0.717) is 0 Å². The van der Waals surface area contributed by atoms with Crippen molar-refractivity contribution in [3.63, 3.8) is 0 Å². The fraction of sp³-hybridized carbons (Fsp3) is 0.0400. The lowest BCUT2D eigenvalue weighted by Crippen LogP contribution is -2.28. The summed E-state index contributed by atoms with van der Waals surface area (Å²) >= 11 is 0. The van der Waals surface area contributed by atoms with Crippen molar-refractivity contribution in [2.75, 3.05) is 5.73 Å². The van der Waals surface area contributed by atoms with E-state index in [1.165, 1.54) is 27.8 Å². The maximum absolute atomic E-state index is 9.86. The smallest absolute Gasteiger partial charge is 0.115 e. The number of nitrogens with two attached hydrogens (primary N) is 1. The number of anilines is 1. The molecule has 0 aromatic heterocycles. The van der Waals surface area contributed by atoms with Gasteiger partial charge in [-0.25, -0.2) is 0 Å². The molecule has 4 aromatic carbocycles. The van der Waals surface area contributed by atoms with Gasteiger partial charge in [-0.1, -0.05) is 72.8 Å².